The summed E-state index contributed by atoms with van der Waals surface area (Å²) in [5.41, 5.74) is 0.802. The van der Waals surface area contributed by atoms with Crippen LogP contribution in [0.3, 0.4) is 0 Å². The van der Waals surface area contributed by atoms with E-state index in [2.05, 4.69) is 4.90 Å². The second kappa shape index (κ2) is 5.09. The van der Waals surface area contributed by atoms with Crippen LogP contribution in [0.15, 0.2) is 24.3 Å². The molecule has 1 aromatic rings. The second-order valence-electron chi connectivity index (χ2n) is 6.08. The number of methoxy groups -OCH3 is 1. The molecule has 108 valence electrons. The highest BCUT2D eigenvalue weighted by molar-refractivity contribution is 5.78. The number of carbonyl (C=O) groups excluding carboxylic acids is 1. The van der Waals surface area contributed by atoms with Gasteiger partial charge >= 0.3 is 5.97 Å². The van der Waals surface area contributed by atoms with Crippen molar-refractivity contribution >= 4 is 5.97 Å². The van der Waals surface area contributed by atoms with Gasteiger partial charge in [0.05, 0.1) is 12.5 Å². The van der Waals surface area contributed by atoms with Crippen LogP contribution in [0.5, 0.6) is 5.75 Å². The van der Waals surface area contributed by atoms with Crippen molar-refractivity contribution in [3.63, 3.8) is 0 Å². The van der Waals surface area contributed by atoms with E-state index in [9.17, 15) is 9.90 Å². The van der Waals surface area contributed by atoms with E-state index in [-0.39, 0.29) is 11.4 Å². The van der Waals surface area contributed by atoms with Crippen molar-refractivity contribution in [1.29, 1.82) is 0 Å². The Labute approximate surface area is 119 Å². The fourth-order valence-electron chi connectivity index (χ4n) is 3.96. The van der Waals surface area contributed by atoms with E-state index < -0.39 is 0 Å². The molecule has 4 nitrogen and oxygen atoms in total. The van der Waals surface area contributed by atoms with Gasteiger partial charge in [0, 0.05) is 19.6 Å². The third kappa shape index (κ3) is 2.18. The van der Waals surface area contributed by atoms with Crippen molar-refractivity contribution in [3.05, 3.63) is 29.8 Å². The van der Waals surface area contributed by atoms with Gasteiger partial charge in [-0.3, -0.25) is 9.69 Å². The van der Waals surface area contributed by atoms with Crippen molar-refractivity contribution < 1.29 is 14.6 Å². The molecule has 0 aromatic heterocycles. The largest absolute Gasteiger partial charge is 0.508 e. The molecule has 0 spiro atoms. The molecular formula is C16H21NO3. The Morgan fingerprint density at radius 3 is 3.15 bits per heavy atom. The number of rotatable bonds is 3. The average Bonchev–Trinajstić information content (AvgIpc) is 2.95. The number of benzene rings is 1. The summed E-state index contributed by atoms with van der Waals surface area (Å²) in [5, 5.41) is 9.53. The zero-order valence-corrected chi connectivity index (χ0v) is 11.8. The van der Waals surface area contributed by atoms with E-state index in [0.717, 1.165) is 44.5 Å². The maximum atomic E-state index is 12.2. The number of hydrogen-bond acceptors (Lipinski definition) is 4. The van der Waals surface area contributed by atoms with E-state index >= 15 is 0 Å². The van der Waals surface area contributed by atoms with Crippen LogP contribution in [0.2, 0.25) is 0 Å². The van der Waals surface area contributed by atoms with Gasteiger partial charge in [-0.05, 0) is 36.5 Å². The molecule has 1 aliphatic carbocycles. The fourth-order valence-corrected chi connectivity index (χ4v) is 3.96. The number of phenolic OH excluding ortho intramolecular Hbond substituents is 1. The molecule has 1 aromatic carbocycles. The quantitative estimate of drug-likeness (QED) is 0.859. The molecule has 20 heavy (non-hydrogen) atoms. The minimum atomic E-state index is -0.286. The van der Waals surface area contributed by atoms with Crippen LogP contribution in [0.25, 0.3) is 0 Å². The van der Waals surface area contributed by atoms with Gasteiger partial charge in [-0.25, -0.2) is 0 Å². The Bertz CT molecular complexity index is 516. The molecule has 1 N–H and O–H groups in total. The molecule has 2 fully saturated rings. The number of aromatic hydroxyl groups is 1. The molecule has 1 heterocycles. The SMILES string of the molecule is COC(=O)C12CCCC1CN(Cc1cccc(O)c1)C2. The first-order valence-corrected chi connectivity index (χ1v) is 7.23. The molecule has 0 bridgehead atoms. The molecule has 4 heteroatoms. The van der Waals surface area contributed by atoms with Gasteiger partial charge in [-0.15, -0.1) is 0 Å². The van der Waals surface area contributed by atoms with Crippen molar-refractivity contribution in [1.82, 2.24) is 4.90 Å². The average molecular weight is 275 g/mol. The molecule has 2 aliphatic rings. The van der Waals surface area contributed by atoms with E-state index in [1.165, 1.54) is 7.11 Å². The lowest BCUT2D eigenvalue weighted by Gasteiger charge is -2.25. The van der Waals surface area contributed by atoms with Crippen LogP contribution in [0, 0.1) is 11.3 Å². The van der Waals surface area contributed by atoms with Crippen molar-refractivity contribution in [2.24, 2.45) is 11.3 Å². The summed E-state index contributed by atoms with van der Waals surface area (Å²) in [6.45, 7) is 2.51. The van der Waals surface area contributed by atoms with Crippen molar-refractivity contribution in [2.45, 2.75) is 25.8 Å². The van der Waals surface area contributed by atoms with E-state index in [1.807, 2.05) is 12.1 Å². The Hall–Kier alpha value is -1.55. The monoisotopic (exact) mass is 275 g/mol. The van der Waals surface area contributed by atoms with Crippen LogP contribution in [-0.4, -0.2) is 36.2 Å². The number of fused-ring (bicyclic) bond motifs is 1. The summed E-state index contributed by atoms with van der Waals surface area (Å²) in [6.07, 6.45) is 3.19. The Kier molecular flexibility index (Phi) is 3.42. The first kappa shape index (κ1) is 13.4. The standard InChI is InChI=1S/C16H21NO3/c1-20-15(19)16-7-3-5-13(16)10-17(11-16)9-12-4-2-6-14(18)8-12/h2,4,6,8,13,18H,3,5,7,9-11H2,1H3. The summed E-state index contributed by atoms with van der Waals surface area (Å²) in [4.78, 5) is 14.5. The molecule has 0 radical (unpaired) electrons. The van der Waals surface area contributed by atoms with Gasteiger partial charge in [0.25, 0.3) is 0 Å². The molecule has 1 saturated heterocycles. The third-order valence-electron chi connectivity index (χ3n) is 4.85. The van der Waals surface area contributed by atoms with Crippen LogP contribution in [0.4, 0.5) is 0 Å². The minimum absolute atomic E-state index is 0.0431. The van der Waals surface area contributed by atoms with Crippen LogP contribution in [-0.2, 0) is 16.1 Å². The smallest absolute Gasteiger partial charge is 0.313 e. The number of nitrogens with zero attached hydrogens (tertiary/aromatic N) is 1. The molecular weight excluding hydrogens is 254 g/mol. The lowest BCUT2D eigenvalue weighted by Crippen LogP contribution is -2.36. The highest BCUT2D eigenvalue weighted by Crippen LogP contribution is 2.49. The minimum Gasteiger partial charge on any atom is -0.508 e. The topological polar surface area (TPSA) is 49.8 Å². The molecule has 2 atom stereocenters. The Balaban J connectivity index is 1.74. The van der Waals surface area contributed by atoms with E-state index in [0.29, 0.717) is 11.7 Å². The molecule has 3 rings (SSSR count). The fraction of sp³-hybridized carbons (Fsp3) is 0.562. The van der Waals surface area contributed by atoms with Crippen molar-refractivity contribution in [2.75, 3.05) is 20.2 Å². The highest BCUT2D eigenvalue weighted by Gasteiger charge is 2.55. The van der Waals surface area contributed by atoms with Gasteiger partial charge in [0.1, 0.15) is 5.75 Å². The normalized spacial score (nSPS) is 29.4. The molecule has 2 unspecified atom stereocenters. The maximum absolute atomic E-state index is 12.2. The number of likely N-dealkylation sites (tertiary alicyclic amines) is 1. The highest BCUT2D eigenvalue weighted by atomic mass is 16.5. The lowest BCUT2D eigenvalue weighted by atomic mass is 9.81. The van der Waals surface area contributed by atoms with Gasteiger partial charge < -0.3 is 9.84 Å². The molecule has 0 amide bonds. The second-order valence-corrected chi connectivity index (χ2v) is 6.08. The van der Waals surface area contributed by atoms with Crippen LogP contribution >= 0.6 is 0 Å². The van der Waals surface area contributed by atoms with Crippen LogP contribution < -0.4 is 0 Å². The zero-order chi connectivity index (χ0) is 14.2. The van der Waals surface area contributed by atoms with Gasteiger partial charge in [0.15, 0.2) is 0 Å². The summed E-state index contributed by atoms with van der Waals surface area (Å²) < 4.78 is 5.05. The van der Waals surface area contributed by atoms with E-state index in [1.54, 1.807) is 12.1 Å². The molecule has 1 aliphatic heterocycles. The summed E-state index contributed by atoms with van der Waals surface area (Å²) in [7, 11) is 1.49. The predicted octanol–water partition coefficient (Wildman–Crippen LogP) is 2.17. The first-order valence-electron chi connectivity index (χ1n) is 7.23. The number of phenols is 1. The predicted molar refractivity (Wildman–Crippen MR) is 75.2 cm³/mol. The zero-order valence-electron chi connectivity index (χ0n) is 11.8. The summed E-state index contributed by atoms with van der Waals surface area (Å²) >= 11 is 0. The van der Waals surface area contributed by atoms with Crippen LogP contribution in [0.1, 0.15) is 24.8 Å². The summed E-state index contributed by atoms with van der Waals surface area (Å²) in [5.74, 6) is 0.676. The lowest BCUT2D eigenvalue weighted by molar-refractivity contribution is -0.153. The Morgan fingerprint density at radius 2 is 2.40 bits per heavy atom. The number of esters is 1. The third-order valence-corrected chi connectivity index (χ3v) is 4.85. The first-order chi connectivity index (χ1) is 9.64. The Morgan fingerprint density at radius 1 is 1.55 bits per heavy atom. The number of carbonyl (C=O) groups is 1. The number of hydrogen-bond donors (Lipinski definition) is 1. The van der Waals surface area contributed by atoms with Gasteiger partial charge in [0.2, 0.25) is 0 Å². The number of ether oxygens (including phenoxy) is 1. The molecule has 1 saturated carbocycles. The van der Waals surface area contributed by atoms with E-state index in [4.69, 9.17) is 4.74 Å². The summed E-state index contributed by atoms with van der Waals surface area (Å²) in [6, 6.07) is 7.34. The van der Waals surface area contributed by atoms with Gasteiger partial charge in [-0.2, -0.15) is 0 Å². The maximum Gasteiger partial charge on any atom is 0.313 e. The van der Waals surface area contributed by atoms with Crippen molar-refractivity contribution in [3.8, 4) is 5.75 Å². The van der Waals surface area contributed by atoms with Gasteiger partial charge in [-0.1, -0.05) is 18.6 Å².